The second-order valence-electron chi connectivity index (χ2n) is 4.00. The van der Waals surface area contributed by atoms with Gasteiger partial charge in [0, 0.05) is 28.9 Å². The minimum atomic E-state index is -0.137. The Bertz CT molecular complexity index is 376. The Balaban J connectivity index is 2.32. The number of amides is 1. The number of nitrogen functional groups attached to an aromatic ring is 1. The van der Waals surface area contributed by atoms with E-state index in [-0.39, 0.29) is 5.91 Å². The molecule has 18 heavy (non-hydrogen) atoms. The molecule has 0 unspecified atom stereocenters. The highest BCUT2D eigenvalue weighted by Gasteiger charge is 2.06. The molecule has 0 heterocycles. The van der Waals surface area contributed by atoms with Crippen LogP contribution >= 0.6 is 15.9 Å². The van der Waals surface area contributed by atoms with Gasteiger partial charge in [-0.15, -0.1) is 0 Å². The number of hydrogen-bond donors (Lipinski definition) is 2. The first kappa shape index (κ1) is 15.0. The molecule has 0 saturated carbocycles. The number of hydrogen-bond acceptors (Lipinski definition) is 3. The lowest BCUT2D eigenvalue weighted by Gasteiger charge is -2.07. The zero-order chi connectivity index (χ0) is 13.4. The molecule has 0 spiro atoms. The Hall–Kier alpha value is -1.07. The zero-order valence-corrected chi connectivity index (χ0v) is 12.1. The second kappa shape index (κ2) is 8.11. The van der Waals surface area contributed by atoms with E-state index in [0.29, 0.717) is 24.4 Å². The average Bonchev–Trinajstić information content (AvgIpc) is 2.32. The van der Waals surface area contributed by atoms with Crippen molar-refractivity contribution in [1.29, 1.82) is 0 Å². The van der Waals surface area contributed by atoms with Gasteiger partial charge in [-0.1, -0.05) is 29.3 Å². The van der Waals surface area contributed by atoms with Crippen LogP contribution < -0.4 is 11.1 Å². The van der Waals surface area contributed by atoms with Crippen LogP contribution in [0.25, 0.3) is 0 Å². The maximum absolute atomic E-state index is 11.8. The van der Waals surface area contributed by atoms with Crippen molar-refractivity contribution in [2.45, 2.75) is 19.8 Å². The van der Waals surface area contributed by atoms with Gasteiger partial charge in [-0.25, -0.2) is 0 Å². The van der Waals surface area contributed by atoms with Crippen LogP contribution in [0.15, 0.2) is 22.7 Å². The van der Waals surface area contributed by atoms with Crippen molar-refractivity contribution < 1.29 is 9.53 Å². The van der Waals surface area contributed by atoms with E-state index in [1.807, 2.05) is 0 Å². The topological polar surface area (TPSA) is 64.3 Å². The standard InChI is InChI=1S/C13H19BrN2O2/c1-2-3-5-18-6-4-16-13(17)10-7-11(14)9-12(15)8-10/h7-9H,2-6,15H2,1H3,(H,16,17). The number of anilines is 1. The highest BCUT2D eigenvalue weighted by atomic mass is 79.9. The van der Waals surface area contributed by atoms with Crippen molar-refractivity contribution in [1.82, 2.24) is 5.32 Å². The summed E-state index contributed by atoms with van der Waals surface area (Å²) in [6.07, 6.45) is 2.17. The maximum Gasteiger partial charge on any atom is 0.251 e. The lowest BCUT2D eigenvalue weighted by Crippen LogP contribution is -2.27. The molecule has 1 aromatic carbocycles. The summed E-state index contributed by atoms with van der Waals surface area (Å²) >= 11 is 3.31. The molecule has 0 aliphatic carbocycles. The van der Waals surface area contributed by atoms with Crippen LogP contribution in [0.5, 0.6) is 0 Å². The largest absolute Gasteiger partial charge is 0.399 e. The van der Waals surface area contributed by atoms with Gasteiger partial charge in [0.15, 0.2) is 0 Å². The summed E-state index contributed by atoms with van der Waals surface area (Å²) in [7, 11) is 0. The molecular formula is C13H19BrN2O2. The van der Waals surface area contributed by atoms with Crippen molar-refractivity contribution in [2.24, 2.45) is 0 Å². The molecule has 0 bridgehead atoms. The normalized spacial score (nSPS) is 10.3. The smallest absolute Gasteiger partial charge is 0.251 e. The van der Waals surface area contributed by atoms with E-state index >= 15 is 0 Å². The average molecular weight is 315 g/mol. The van der Waals surface area contributed by atoms with Gasteiger partial charge in [0.05, 0.1) is 6.61 Å². The number of carbonyl (C=O) groups excluding carboxylic acids is 1. The van der Waals surface area contributed by atoms with Gasteiger partial charge in [-0.3, -0.25) is 4.79 Å². The SMILES string of the molecule is CCCCOCCNC(=O)c1cc(N)cc(Br)c1. The van der Waals surface area contributed by atoms with Crippen molar-refractivity contribution in [3.63, 3.8) is 0 Å². The molecule has 0 aliphatic rings. The zero-order valence-electron chi connectivity index (χ0n) is 10.5. The Morgan fingerprint density at radius 3 is 2.83 bits per heavy atom. The van der Waals surface area contributed by atoms with E-state index in [2.05, 4.69) is 28.2 Å². The summed E-state index contributed by atoms with van der Waals surface area (Å²) in [5, 5.41) is 2.79. The number of halogens is 1. The van der Waals surface area contributed by atoms with Crippen LogP contribution in [-0.4, -0.2) is 25.7 Å². The quantitative estimate of drug-likeness (QED) is 0.600. The summed E-state index contributed by atoms with van der Waals surface area (Å²) in [4.78, 5) is 11.8. The predicted molar refractivity (Wildman–Crippen MR) is 76.6 cm³/mol. The van der Waals surface area contributed by atoms with Gasteiger partial charge >= 0.3 is 0 Å². The third kappa shape index (κ3) is 5.51. The van der Waals surface area contributed by atoms with Gasteiger partial charge < -0.3 is 15.8 Å². The number of rotatable bonds is 7. The Morgan fingerprint density at radius 2 is 2.17 bits per heavy atom. The molecule has 100 valence electrons. The van der Waals surface area contributed by atoms with Crippen LogP contribution in [-0.2, 0) is 4.74 Å². The molecule has 0 aliphatic heterocycles. The highest BCUT2D eigenvalue weighted by molar-refractivity contribution is 9.10. The fraction of sp³-hybridized carbons (Fsp3) is 0.462. The molecule has 0 saturated heterocycles. The number of nitrogens with one attached hydrogen (secondary N) is 1. The summed E-state index contributed by atoms with van der Waals surface area (Å²) in [5.74, 6) is -0.137. The Kier molecular flexibility index (Phi) is 6.75. The first-order valence-electron chi connectivity index (χ1n) is 6.05. The maximum atomic E-state index is 11.8. The molecule has 0 aromatic heterocycles. The fourth-order valence-electron chi connectivity index (χ4n) is 1.43. The van der Waals surface area contributed by atoms with E-state index in [1.54, 1.807) is 18.2 Å². The van der Waals surface area contributed by atoms with Crippen LogP contribution in [0.4, 0.5) is 5.69 Å². The molecule has 5 heteroatoms. The summed E-state index contributed by atoms with van der Waals surface area (Å²) in [6.45, 7) is 3.91. The van der Waals surface area contributed by atoms with Crippen molar-refractivity contribution in [2.75, 3.05) is 25.5 Å². The van der Waals surface area contributed by atoms with Crippen LogP contribution in [0.3, 0.4) is 0 Å². The number of benzene rings is 1. The first-order chi connectivity index (χ1) is 8.63. The van der Waals surface area contributed by atoms with Crippen LogP contribution in [0.2, 0.25) is 0 Å². The highest BCUT2D eigenvalue weighted by Crippen LogP contribution is 2.17. The monoisotopic (exact) mass is 314 g/mol. The van der Waals surface area contributed by atoms with Gasteiger partial charge in [-0.2, -0.15) is 0 Å². The Morgan fingerprint density at radius 1 is 1.39 bits per heavy atom. The summed E-state index contributed by atoms with van der Waals surface area (Å²) < 4.78 is 6.16. The summed E-state index contributed by atoms with van der Waals surface area (Å²) in [6, 6.07) is 5.15. The Labute approximate surface area is 116 Å². The molecule has 1 amide bonds. The van der Waals surface area contributed by atoms with E-state index in [0.717, 1.165) is 23.9 Å². The van der Waals surface area contributed by atoms with Crippen molar-refractivity contribution >= 4 is 27.5 Å². The van der Waals surface area contributed by atoms with Crippen molar-refractivity contribution in [3.05, 3.63) is 28.2 Å². The molecule has 1 rings (SSSR count). The molecule has 3 N–H and O–H groups in total. The summed E-state index contributed by atoms with van der Waals surface area (Å²) in [5.41, 5.74) is 6.79. The molecule has 0 atom stereocenters. The minimum Gasteiger partial charge on any atom is -0.399 e. The minimum absolute atomic E-state index is 0.137. The molecule has 0 radical (unpaired) electrons. The number of carbonyl (C=O) groups is 1. The molecule has 1 aromatic rings. The number of unbranched alkanes of at least 4 members (excludes halogenated alkanes) is 1. The van der Waals surface area contributed by atoms with E-state index in [4.69, 9.17) is 10.5 Å². The van der Waals surface area contributed by atoms with Gasteiger partial charge in [0.25, 0.3) is 5.91 Å². The van der Waals surface area contributed by atoms with Crippen molar-refractivity contribution in [3.8, 4) is 0 Å². The van der Waals surface area contributed by atoms with E-state index < -0.39 is 0 Å². The van der Waals surface area contributed by atoms with E-state index in [1.165, 1.54) is 0 Å². The molecular weight excluding hydrogens is 296 g/mol. The van der Waals surface area contributed by atoms with Crippen LogP contribution in [0.1, 0.15) is 30.1 Å². The number of ether oxygens (including phenoxy) is 1. The fourth-order valence-corrected chi connectivity index (χ4v) is 1.94. The third-order valence-corrected chi connectivity index (χ3v) is 2.81. The second-order valence-corrected chi connectivity index (χ2v) is 4.91. The predicted octanol–water partition coefficient (Wildman–Crippen LogP) is 2.58. The van der Waals surface area contributed by atoms with E-state index in [9.17, 15) is 4.79 Å². The first-order valence-corrected chi connectivity index (χ1v) is 6.84. The molecule has 4 nitrogen and oxygen atoms in total. The van der Waals surface area contributed by atoms with Crippen LogP contribution in [0, 0.1) is 0 Å². The number of nitrogens with two attached hydrogens (primary N) is 1. The van der Waals surface area contributed by atoms with Gasteiger partial charge in [0.1, 0.15) is 0 Å². The lowest BCUT2D eigenvalue weighted by atomic mass is 10.2. The van der Waals surface area contributed by atoms with Gasteiger partial charge in [-0.05, 0) is 24.6 Å². The third-order valence-electron chi connectivity index (χ3n) is 2.36. The van der Waals surface area contributed by atoms with Gasteiger partial charge in [0.2, 0.25) is 0 Å². The lowest BCUT2D eigenvalue weighted by molar-refractivity contribution is 0.0913. The molecule has 0 fully saturated rings.